The van der Waals surface area contributed by atoms with Crippen molar-refractivity contribution in [2.45, 2.75) is 48.9 Å². The number of carbonyl (C=O) groups is 1. The van der Waals surface area contributed by atoms with Crippen molar-refractivity contribution in [3.63, 3.8) is 0 Å². The molecule has 1 aliphatic carbocycles. The third-order valence-electron chi connectivity index (χ3n) is 8.19. The Morgan fingerprint density at radius 2 is 1.93 bits per heavy atom. The van der Waals surface area contributed by atoms with Crippen molar-refractivity contribution >= 4 is 34.7 Å². The van der Waals surface area contributed by atoms with Gasteiger partial charge in [0.15, 0.2) is 6.61 Å². The second-order valence-electron chi connectivity index (χ2n) is 11.5. The Morgan fingerprint density at radius 1 is 1.18 bits per heavy atom. The van der Waals surface area contributed by atoms with Crippen LogP contribution < -0.4 is 20.5 Å². The summed E-state index contributed by atoms with van der Waals surface area (Å²) in [5.41, 5.74) is 6.63. The summed E-state index contributed by atoms with van der Waals surface area (Å²) >= 11 is 14.1. The van der Waals surface area contributed by atoms with Crippen LogP contribution in [0.15, 0.2) is 60.7 Å². The average molecular weight is 665 g/mol. The standard InChI is InChI=1S/C33H43Cl2N3O7/c1-32(35)27(23-7-3-2-4-8-23)9-5-11-33(32,45-14-6-12-38-13-10-26(41)18-38)22-44-30-16-29(43-21-31(36)42)24(15-28(30)34)17-37-25(19-39)20-40/h2-5,7-9,11,15-16,25-26,37,39-41H,6,10,12-14,17-22H2,1H3,(H2,36,42)/t26?,32-,33?/m1/s1. The van der Waals surface area contributed by atoms with E-state index in [0.29, 0.717) is 24.5 Å². The summed E-state index contributed by atoms with van der Waals surface area (Å²) in [5, 5.41) is 32.1. The molecule has 12 heteroatoms. The molecule has 10 nitrogen and oxygen atoms in total. The van der Waals surface area contributed by atoms with E-state index in [2.05, 4.69) is 10.2 Å². The molecular weight excluding hydrogens is 621 g/mol. The molecule has 2 aromatic rings. The molecule has 2 aromatic carbocycles. The van der Waals surface area contributed by atoms with Gasteiger partial charge in [0.25, 0.3) is 5.91 Å². The summed E-state index contributed by atoms with van der Waals surface area (Å²) in [5.74, 6) is -0.0709. The van der Waals surface area contributed by atoms with Crippen LogP contribution >= 0.6 is 23.2 Å². The topological polar surface area (TPSA) is 147 Å². The largest absolute Gasteiger partial charge is 0.488 e. The molecule has 3 atom stereocenters. The van der Waals surface area contributed by atoms with Crippen molar-refractivity contribution < 1.29 is 34.3 Å². The zero-order chi connectivity index (χ0) is 32.5. The number of benzene rings is 2. The molecule has 0 spiro atoms. The summed E-state index contributed by atoms with van der Waals surface area (Å²) < 4.78 is 18.7. The number of β-amino-alcohol motifs (C(OH)–C–C–N with tert-alkyl or cyclic N) is 1. The normalized spacial score (nSPS) is 23.4. The minimum Gasteiger partial charge on any atom is -0.488 e. The van der Waals surface area contributed by atoms with E-state index in [9.17, 15) is 20.1 Å². The molecule has 246 valence electrons. The highest BCUT2D eigenvalue weighted by Gasteiger charge is 2.51. The summed E-state index contributed by atoms with van der Waals surface area (Å²) in [4.78, 5) is 12.7. The van der Waals surface area contributed by atoms with Gasteiger partial charge in [-0.25, -0.2) is 0 Å². The molecule has 1 fully saturated rings. The molecule has 1 heterocycles. The Morgan fingerprint density at radius 3 is 2.60 bits per heavy atom. The highest BCUT2D eigenvalue weighted by Crippen LogP contribution is 2.47. The number of likely N-dealkylation sites (tertiary alicyclic amines) is 1. The number of hydrogen-bond acceptors (Lipinski definition) is 9. The van der Waals surface area contributed by atoms with Gasteiger partial charge in [0.1, 0.15) is 28.6 Å². The van der Waals surface area contributed by atoms with E-state index < -0.39 is 22.4 Å². The monoisotopic (exact) mass is 663 g/mol. The number of rotatable bonds is 17. The van der Waals surface area contributed by atoms with Crippen LogP contribution in [0.25, 0.3) is 5.57 Å². The van der Waals surface area contributed by atoms with E-state index in [1.807, 2.05) is 55.5 Å². The molecule has 6 N–H and O–H groups in total. The molecular formula is C33H43Cl2N3O7. The number of ether oxygens (including phenoxy) is 3. The van der Waals surface area contributed by atoms with Crippen LogP contribution in [-0.4, -0.2) is 101 Å². The van der Waals surface area contributed by atoms with Crippen LogP contribution in [-0.2, 0) is 16.1 Å². The first-order valence-corrected chi connectivity index (χ1v) is 15.8. The van der Waals surface area contributed by atoms with Gasteiger partial charge < -0.3 is 45.5 Å². The maximum Gasteiger partial charge on any atom is 0.255 e. The Balaban J connectivity index is 1.58. The number of allylic oxidation sites excluding steroid dienone is 2. The zero-order valence-electron chi connectivity index (χ0n) is 25.5. The number of nitrogens with two attached hydrogens (primary N) is 1. The number of primary amides is 1. The van der Waals surface area contributed by atoms with Crippen molar-refractivity contribution in [2.24, 2.45) is 5.73 Å². The van der Waals surface area contributed by atoms with Gasteiger partial charge in [-0.15, -0.1) is 11.6 Å². The minimum atomic E-state index is -1.10. The number of halogens is 2. The lowest BCUT2D eigenvalue weighted by molar-refractivity contribution is -0.119. The van der Waals surface area contributed by atoms with E-state index in [4.69, 9.17) is 43.1 Å². The molecule has 2 aliphatic rings. The molecule has 0 aromatic heterocycles. The second-order valence-corrected chi connectivity index (χ2v) is 12.7. The quantitative estimate of drug-likeness (QED) is 0.127. The molecule has 1 aliphatic heterocycles. The first-order valence-electron chi connectivity index (χ1n) is 15.1. The number of amides is 1. The van der Waals surface area contributed by atoms with E-state index in [-0.39, 0.29) is 49.8 Å². The second kappa shape index (κ2) is 16.2. The molecule has 1 saturated heterocycles. The fourth-order valence-electron chi connectivity index (χ4n) is 5.53. The number of carbonyl (C=O) groups excluding carboxylic acids is 1. The smallest absolute Gasteiger partial charge is 0.255 e. The van der Waals surface area contributed by atoms with Gasteiger partial charge in [-0.2, -0.15) is 0 Å². The predicted molar refractivity (Wildman–Crippen MR) is 175 cm³/mol. The number of alkyl halides is 1. The third kappa shape index (κ3) is 8.99. The lowest BCUT2D eigenvalue weighted by atomic mass is 9.76. The lowest BCUT2D eigenvalue weighted by Gasteiger charge is -2.45. The average Bonchev–Trinajstić information content (AvgIpc) is 3.44. The van der Waals surface area contributed by atoms with Gasteiger partial charge in [0.05, 0.1) is 30.4 Å². The highest BCUT2D eigenvalue weighted by atomic mass is 35.5. The molecule has 2 unspecified atom stereocenters. The van der Waals surface area contributed by atoms with Crippen molar-refractivity contribution in [3.8, 4) is 11.5 Å². The van der Waals surface area contributed by atoms with E-state index in [0.717, 1.165) is 37.1 Å². The molecule has 1 amide bonds. The fourth-order valence-corrected chi connectivity index (χ4v) is 6.11. The Kier molecular flexibility index (Phi) is 12.7. The van der Waals surface area contributed by atoms with Crippen LogP contribution in [0.5, 0.6) is 11.5 Å². The summed E-state index contributed by atoms with van der Waals surface area (Å²) in [6, 6.07) is 12.5. The van der Waals surface area contributed by atoms with Crippen molar-refractivity contribution in [1.82, 2.24) is 10.2 Å². The summed E-state index contributed by atoms with van der Waals surface area (Å²) in [7, 11) is 0. The molecule has 0 radical (unpaired) electrons. The lowest BCUT2D eigenvalue weighted by Crippen LogP contribution is -2.55. The predicted octanol–water partition coefficient (Wildman–Crippen LogP) is 2.89. The Labute approximate surface area is 274 Å². The molecule has 0 saturated carbocycles. The van der Waals surface area contributed by atoms with Crippen LogP contribution in [0.1, 0.15) is 30.9 Å². The summed E-state index contributed by atoms with van der Waals surface area (Å²) in [6.07, 6.45) is 7.03. The molecule has 45 heavy (non-hydrogen) atoms. The van der Waals surface area contributed by atoms with Crippen LogP contribution in [0.4, 0.5) is 0 Å². The third-order valence-corrected chi connectivity index (χ3v) is 9.01. The maximum absolute atomic E-state index is 11.5. The zero-order valence-corrected chi connectivity index (χ0v) is 27.0. The van der Waals surface area contributed by atoms with Gasteiger partial charge in [0, 0.05) is 44.4 Å². The van der Waals surface area contributed by atoms with Gasteiger partial charge in [-0.3, -0.25) is 4.79 Å². The number of hydrogen-bond donors (Lipinski definition) is 5. The van der Waals surface area contributed by atoms with Gasteiger partial charge in [-0.1, -0.05) is 54.1 Å². The fraction of sp³-hybridized carbons (Fsp3) is 0.485. The van der Waals surface area contributed by atoms with Crippen molar-refractivity contribution in [1.29, 1.82) is 0 Å². The first-order chi connectivity index (χ1) is 21.6. The minimum absolute atomic E-state index is 0.000221. The number of nitrogens with zero attached hydrogens (tertiary/aromatic N) is 1. The number of aliphatic hydroxyl groups excluding tert-OH is 3. The van der Waals surface area contributed by atoms with Crippen molar-refractivity contribution in [2.75, 3.05) is 52.7 Å². The van der Waals surface area contributed by atoms with E-state index in [1.54, 1.807) is 12.1 Å². The van der Waals surface area contributed by atoms with Gasteiger partial charge in [-0.05, 0) is 43.0 Å². The Bertz CT molecular complexity index is 1340. The number of aliphatic hydroxyl groups is 3. The Hall–Kier alpha value is -2.67. The molecule has 0 bridgehead atoms. The van der Waals surface area contributed by atoms with Crippen molar-refractivity contribution in [3.05, 3.63) is 76.8 Å². The number of nitrogens with one attached hydrogen (secondary N) is 1. The van der Waals surface area contributed by atoms with Crippen LogP contribution in [0.3, 0.4) is 0 Å². The SMILES string of the molecule is C[C@@]1(Cl)C(c2ccccc2)=CC=CC1(COc1cc(OCC(N)=O)c(CNC(CO)CO)cc1Cl)OCCCN1CCC(O)C1. The van der Waals surface area contributed by atoms with E-state index in [1.165, 1.54) is 0 Å². The van der Waals surface area contributed by atoms with Crippen LogP contribution in [0, 0.1) is 0 Å². The first kappa shape index (κ1) is 35.2. The molecule has 4 rings (SSSR count). The maximum atomic E-state index is 11.5. The highest BCUT2D eigenvalue weighted by molar-refractivity contribution is 6.32. The van der Waals surface area contributed by atoms with Gasteiger partial charge in [0.2, 0.25) is 0 Å². The summed E-state index contributed by atoms with van der Waals surface area (Å²) in [6.45, 7) is 3.89. The van der Waals surface area contributed by atoms with Crippen LogP contribution in [0.2, 0.25) is 5.02 Å². The van der Waals surface area contributed by atoms with Gasteiger partial charge >= 0.3 is 0 Å². The van der Waals surface area contributed by atoms with E-state index >= 15 is 0 Å².